The molecule has 0 heterocycles. The highest BCUT2D eigenvalue weighted by atomic mass is 35.5. The highest BCUT2D eigenvalue weighted by molar-refractivity contribution is 6.42. The van der Waals surface area contributed by atoms with Crippen LogP contribution in [0.3, 0.4) is 0 Å². The lowest BCUT2D eigenvalue weighted by atomic mass is 10.2. The molecule has 0 fully saturated rings. The van der Waals surface area contributed by atoms with Crippen molar-refractivity contribution in [1.82, 2.24) is 5.43 Å². The van der Waals surface area contributed by atoms with Crippen molar-refractivity contribution in [2.45, 2.75) is 6.54 Å². The Morgan fingerprint density at radius 1 is 1.10 bits per heavy atom. The maximum atomic E-state index is 11.0. The Balaban J connectivity index is 2.12. The van der Waals surface area contributed by atoms with Gasteiger partial charge >= 0.3 is 0 Å². The smallest absolute Gasteiger partial charge is 0.275 e. The molecule has 0 atom stereocenters. The van der Waals surface area contributed by atoms with Gasteiger partial charge in [-0.15, -0.1) is 0 Å². The Morgan fingerprint density at radius 3 is 2.45 bits per heavy atom. The minimum atomic E-state index is -0.484. The van der Waals surface area contributed by atoms with E-state index in [0.717, 1.165) is 5.69 Å². The zero-order chi connectivity index (χ0) is 14.5. The van der Waals surface area contributed by atoms with Gasteiger partial charge in [-0.25, -0.2) is 5.43 Å². The number of nitrogens with zero attached hydrogens (tertiary/aromatic N) is 1. The number of nitro groups is 1. The average molecular weight is 312 g/mol. The number of rotatable bonds is 5. The third kappa shape index (κ3) is 3.39. The summed E-state index contributed by atoms with van der Waals surface area (Å²) >= 11 is 11.9. The van der Waals surface area contributed by atoms with Gasteiger partial charge in [0.15, 0.2) is 0 Å². The summed E-state index contributed by atoms with van der Waals surface area (Å²) < 4.78 is 0. The van der Waals surface area contributed by atoms with Gasteiger partial charge in [-0.3, -0.25) is 10.1 Å². The predicted molar refractivity (Wildman–Crippen MR) is 80.0 cm³/mol. The lowest BCUT2D eigenvalue weighted by Gasteiger charge is -2.10. The second kappa shape index (κ2) is 6.56. The quantitative estimate of drug-likeness (QED) is 0.646. The Hall–Kier alpha value is -1.82. The van der Waals surface area contributed by atoms with Crippen molar-refractivity contribution in [2.75, 3.05) is 5.43 Å². The van der Waals surface area contributed by atoms with E-state index in [1.165, 1.54) is 12.1 Å². The summed E-state index contributed by atoms with van der Waals surface area (Å²) in [7, 11) is 0. The first-order chi connectivity index (χ1) is 9.59. The zero-order valence-electron chi connectivity index (χ0n) is 10.3. The van der Waals surface area contributed by atoms with Crippen LogP contribution in [0.25, 0.3) is 0 Å². The molecule has 0 radical (unpaired) electrons. The molecule has 7 heteroatoms. The van der Waals surface area contributed by atoms with Crippen molar-refractivity contribution in [3.8, 4) is 0 Å². The van der Waals surface area contributed by atoms with Gasteiger partial charge < -0.3 is 5.43 Å². The Bertz CT molecular complexity index is 621. The highest BCUT2D eigenvalue weighted by Gasteiger charge is 2.18. The SMILES string of the molecule is O=[N+]([O-])c1ccc(Cl)c(Cl)c1CNNc1ccccc1. The molecule has 0 aliphatic carbocycles. The van der Waals surface area contributed by atoms with E-state index >= 15 is 0 Å². The van der Waals surface area contributed by atoms with Crippen molar-refractivity contribution in [3.63, 3.8) is 0 Å². The van der Waals surface area contributed by atoms with Gasteiger partial charge in [0.2, 0.25) is 0 Å². The summed E-state index contributed by atoms with van der Waals surface area (Å²) in [5, 5.41) is 11.4. The summed E-state index contributed by atoms with van der Waals surface area (Å²) in [4.78, 5) is 10.5. The van der Waals surface area contributed by atoms with Crippen LogP contribution in [0.1, 0.15) is 5.56 Å². The fourth-order valence-electron chi connectivity index (χ4n) is 1.68. The molecule has 2 rings (SSSR count). The molecule has 0 bridgehead atoms. The lowest BCUT2D eigenvalue weighted by molar-refractivity contribution is -0.385. The molecule has 5 nitrogen and oxygen atoms in total. The summed E-state index contributed by atoms with van der Waals surface area (Å²) in [5.74, 6) is 0. The fourth-order valence-corrected chi connectivity index (χ4v) is 2.08. The van der Waals surface area contributed by atoms with Gasteiger partial charge in [-0.05, 0) is 18.2 Å². The zero-order valence-corrected chi connectivity index (χ0v) is 11.8. The number of benzene rings is 2. The Morgan fingerprint density at radius 2 is 1.80 bits per heavy atom. The first-order valence-electron chi connectivity index (χ1n) is 5.75. The number of hydrazine groups is 1. The normalized spacial score (nSPS) is 10.3. The van der Waals surface area contributed by atoms with Crippen LogP contribution in [0.5, 0.6) is 0 Å². The van der Waals surface area contributed by atoms with Crippen molar-refractivity contribution in [1.29, 1.82) is 0 Å². The van der Waals surface area contributed by atoms with Crippen molar-refractivity contribution < 1.29 is 4.92 Å². The van der Waals surface area contributed by atoms with E-state index in [1.54, 1.807) is 0 Å². The van der Waals surface area contributed by atoms with Crippen LogP contribution in [-0.4, -0.2) is 4.92 Å². The van der Waals surface area contributed by atoms with E-state index in [2.05, 4.69) is 10.9 Å². The molecule has 104 valence electrons. The molecule has 0 aliphatic rings. The van der Waals surface area contributed by atoms with Gasteiger partial charge in [0.1, 0.15) is 0 Å². The molecule has 0 amide bonds. The molecule has 0 aromatic heterocycles. The standard InChI is InChI=1S/C13H11Cl2N3O2/c14-11-6-7-12(18(19)20)10(13(11)15)8-16-17-9-4-2-1-3-5-9/h1-7,16-17H,8H2. The molecule has 0 saturated heterocycles. The third-order valence-corrected chi connectivity index (χ3v) is 3.48. The van der Waals surface area contributed by atoms with E-state index < -0.39 is 4.92 Å². The Labute approximate surface area is 125 Å². The number of nitrogens with one attached hydrogen (secondary N) is 2. The fraction of sp³-hybridized carbons (Fsp3) is 0.0769. The van der Waals surface area contributed by atoms with E-state index in [4.69, 9.17) is 23.2 Å². The second-order valence-corrected chi connectivity index (χ2v) is 4.75. The lowest BCUT2D eigenvalue weighted by Crippen LogP contribution is -2.21. The predicted octanol–water partition coefficient (Wildman–Crippen LogP) is 4.02. The van der Waals surface area contributed by atoms with Crippen LogP contribution >= 0.6 is 23.2 Å². The molecule has 0 aliphatic heterocycles. The second-order valence-electron chi connectivity index (χ2n) is 3.96. The topological polar surface area (TPSA) is 67.2 Å². The molecule has 2 N–H and O–H groups in total. The van der Waals surface area contributed by atoms with Crippen molar-refractivity contribution >= 4 is 34.6 Å². The van der Waals surface area contributed by atoms with Gasteiger partial charge in [-0.2, -0.15) is 0 Å². The number of hydrogen-bond donors (Lipinski definition) is 2. The highest BCUT2D eigenvalue weighted by Crippen LogP contribution is 2.32. The molecule has 0 unspecified atom stereocenters. The molecule has 0 saturated carbocycles. The minimum absolute atomic E-state index is 0.0678. The molecule has 0 spiro atoms. The van der Waals surface area contributed by atoms with E-state index in [-0.39, 0.29) is 22.3 Å². The third-order valence-electron chi connectivity index (χ3n) is 2.64. The first-order valence-corrected chi connectivity index (χ1v) is 6.50. The maximum Gasteiger partial charge on any atom is 0.275 e. The van der Waals surface area contributed by atoms with Crippen molar-refractivity contribution in [3.05, 3.63) is 68.2 Å². The van der Waals surface area contributed by atoms with Crippen LogP contribution in [-0.2, 0) is 6.54 Å². The summed E-state index contributed by atoms with van der Waals surface area (Å²) in [6.07, 6.45) is 0. The van der Waals surface area contributed by atoms with Gasteiger partial charge in [-0.1, -0.05) is 41.4 Å². The molecule has 20 heavy (non-hydrogen) atoms. The number of para-hydroxylation sites is 1. The largest absolute Gasteiger partial charge is 0.321 e. The number of nitro benzene ring substituents is 1. The summed E-state index contributed by atoms with van der Waals surface area (Å²) in [6, 6.07) is 12.1. The number of hydrogen-bond acceptors (Lipinski definition) is 4. The summed E-state index contributed by atoms with van der Waals surface area (Å²) in [6.45, 7) is 0.171. The molecular formula is C13H11Cl2N3O2. The van der Waals surface area contributed by atoms with Gasteiger partial charge in [0, 0.05) is 18.3 Å². The van der Waals surface area contributed by atoms with Crippen LogP contribution in [0, 0.1) is 10.1 Å². The molecule has 2 aromatic carbocycles. The number of anilines is 1. The van der Waals surface area contributed by atoms with Crippen molar-refractivity contribution in [2.24, 2.45) is 0 Å². The van der Waals surface area contributed by atoms with E-state index in [9.17, 15) is 10.1 Å². The van der Waals surface area contributed by atoms with Crippen LogP contribution in [0.4, 0.5) is 11.4 Å². The molecule has 2 aromatic rings. The van der Waals surface area contributed by atoms with Crippen LogP contribution < -0.4 is 10.9 Å². The van der Waals surface area contributed by atoms with Gasteiger partial charge in [0.25, 0.3) is 5.69 Å². The van der Waals surface area contributed by atoms with E-state index in [0.29, 0.717) is 5.56 Å². The maximum absolute atomic E-state index is 11.0. The Kier molecular flexibility index (Phi) is 4.79. The number of halogens is 2. The van der Waals surface area contributed by atoms with E-state index in [1.807, 2.05) is 30.3 Å². The summed E-state index contributed by atoms with van der Waals surface area (Å²) in [5.41, 5.74) is 6.93. The monoisotopic (exact) mass is 311 g/mol. The minimum Gasteiger partial charge on any atom is -0.321 e. The van der Waals surface area contributed by atoms with Gasteiger partial charge in [0.05, 0.1) is 20.5 Å². The van der Waals surface area contributed by atoms with Crippen LogP contribution in [0.2, 0.25) is 10.0 Å². The average Bonchev–Trinajstić information content (AvgIpc) is 2.44. The first kappa shape index (κ1) is 14.6. The van der Waals surface area contributed by atoms with Crippen LogP contribution in [0.15, 0.2) is 42.5 Å². The molecular weight excluding hydrogens is 301 g/mol.